The van der Waals surface area contributed by atoms with Crippen LogP contribution in [0.2, 0.25) is 0 Å². The van der Waals surface area contributed by atoms with Crippen LogP contribution < -0.4 is 0 Å². The maximum absolute atomic E-state index is 10.1. The molecule has 3 heteroatoms. The van der Waals surface area contributed by atoms with Gasteiger partial charge in [0, 0.05) is 22.5 Å². The third kappa shape index (κ3) is 3.96. The van der Waals surface area contributed by atoms with Gasteiger partial charge in [-0.1, -0.05) is 84.9 Å². The lowest BCUT2D eigenvalue weighted by Gasteiger charge is -2.12. The molecule has 0 spiro atoms. The number of fused-ring (bicyclic) bond motifs is 3. The number of nitriles is 1. The number of benzene rings is 5. The predicted octanol–water partition coefficient (Wildman–Crippen LogP) is 9.05. The van der Waals surface area contributed by atoms with Crippen molar-refractivity contribution in [1.29, 1.82) is 5.26 Å². The Labute approximate surface area is 226 Å². The highest BCUT2D eigenvalue weighted by Crippen LogP contribution is 2.38. The highest BCUT2D eigenvalue weighted by molar-refractivity contribution is 6.11. The molecule has 7 rings (SSSR count). The number of pyridine rings is 1. The minimum Gasteiger partial charge on any atom is -0.308 e. The summed E-state index contributed by atoms with van der Waals surface area (Å²) >= 11 is 0. The first-order valence-corrected chi connectivity index (χ1v) is 13.0. The fourth-order valence-corrected chi connectivity index (χ4v) is 5.41. The van der Waals surface area contributed by atoms with E-state index in [4.69, 9.17) is 0 Å². The highest BCUT2D eigenvalue weighted by Gasteiger charge is 2.17. The Morgan fingerprint density at radius 1 is 0.513 bits per heavy atom. The molecular formula is C36H23N3. The molecule has 2 heterocycles. The molecule has 0 aliphatic carbocycles. The van der Waals surface area contributed by atoms with E-state index in [0.717, 1.165) is 49.9 Å². The van der Waals surface area contributed by atoms with Gasteiger partial charge in [-0.25, -0.2) is 0 Å². The molecule has 0 radical (unpaired) electrons. The Morgan fingerprint density at radius 2 is 1.08 bits per heavy atom. The van der Waals surface area contributed by atoms with Crippen LogP contribution in [0.25, 0.3) is 61.0 Å². The Kier molecular flexibility index (Phi) is 5.50. The molecule has 0 aliphatic heterocycles. The summed E-state index contributed by atoms with van der Waals surface area (Å²) in [6, 6.07) is 48.4. The Hall–Kier alpha value is -5.46. The van der Waals surface area contributed by atoms with E-state index in [9.17, 15) is 5.26 Å². The molecule has 3 nitrogen and oxygen atoms in total. The van der Waals surface area contributed by atoms with Crippen molar-refractivity contribution in [1.82, 2.24) is 9.55 Å². The van der Waals surface area contributed by atoms with Gasteiger partial charge in [0.25, 0.3) is 0 Å². The lowest BCUT2D eigenvalue weighted by atomic mass is 10.0. The zero-order valence-corrected chi connectivity index (χ0v) is 21.1. The van der Waals surface area contributed by atoms with Crippen LogP contribution >= 0.6 is 0 Å². The minimum atomic E-state index is 0.618. The molecule has 5 aromatic carbocycles. The lowest BCUT2D eigenvalue weighted by molar-refractivity contribution is 1.17. The molecule has 0 saturated carbocycles. The predicted molar refractivity (Wildman–Crippen MR) is 160 cm³/mol. The normalized spacial score (nSPS) is 11.1. The van der Waals surface area contributed by atoms with E-state index >= 15 is 0 Å². The Balaban J connectivity index is 1.54. The average molecular weight is 498 g/mol. The monoisotopic (exact) mass is 497 g/mol. The largest absolute Gasteiger partial charge is 0.308 e. The molecule has 2 aromatic heterocycles. The van der Waals surface area contributed by atoms with Gasteiger partial charge in [-0.3, -0.25) is 4.98 Å². The van der Waals surface area contributed by atoms with E-state index < -0.39 is 0 Å². The van der Waals surface area contributed by atoms with E-state index in [-0.39, 0.29) is 0 Å². The number of hydrogen-bond acceptors (Lipinski definition) is 2. The summed E-state index contributed by atoms with van der Waals surface area (Å²) in [5.74, 6) is 0. The third-order valence-corrected chi connectivity index (χ3v) is 7.30. The van der Waals surface area contributed by atoms with Gasteiger partial charge < -0.3 is 4.57 Å². The van der Waals surface area contributed by atoms with E-state index in [1.54, 1.807) is 6.20 Å². The summed E-state index contributed by atoms with van der Waals surface area (Å²) in [6.07, 6.45) is 1.80. The molecule has 0 bridgehead atoms. The average Bonchev–Trinajstić information content (AvgIpc) is 3.35. The van der Waals surface area contributed by atoms with Crippen molar-refractivity contribution in [2.45, 2.75) is 0 Å². The van der Waals surface area contributed by atoms with Crippen molar-refractivity contribution in [3.8, 4) is 45.3 Å². The fraction of sp³-hybridized carbons (Fsp3) is 0. The van der Waals surface area contributed by atoms with Gasteiger partial charge in [0.2, 0.25) is 0 Å². The van der Waals surface area contributed by atoms with Crippen molar-refractivity contribution in [3.05, 3.63) is 145 Å². The summed E-state index contributed by atoms with van der Waals surface area (Å²) in [4.78, 5) is 4.55. The summed E-state index contributed by atoms with van der Waals surface area (Å²) in [7, 11) is 0. The van der Waals surface area contributed by atoms with Crippen LogP contribution in [-0.2, 0) is 0 Å². The van der Waals surface area contributed by atoms with Crippen LogP contribution in [-0.4, -0.2) is 9.55 Å². The lowest BCUT2D eigenvalue weighted by Crippen LogP contribution is -1.98. The van der Waals surface area contributed by atoms with E-state index in [0.29, 0.717) is 5.56 Å². The zero-order chi connectivity index (χ0) is 26.2. The third-order valence-electron chi connectivity index (χ3n) is 7.30. The van der Waals surface area contributed by atoms with E-state index in [1.165, 1.54) is 11.1 Å². The SMILES string of the molecule is N#Cc1ccc(-c2ccccn2)cc1-n1c2ccc(-c3ccccc3)cc2c2cc(-c3ccccc3)ccc21. The fourth-order valence-electron chi connectivity index (χ4n) is 5.41. The highest BCUT2D eigenvalue weighted by atomic mass is 15.0. The maximum Gasteiger partial charge on any atom is 0.101 e. The second kappa shape index (κ2) is 9.45. The van der Waals surface area contributed by atoms with Crippen molar-refractivity contribution in [2.24, 2.45) is 0 Å². The van der Waals surface area contributed by atoms with Crippen LogP contribution in [0, 0.1) is 11.3 Å². The second-order valence-corrected chi connectivity index (χ2v) is 9.59. The second-order valence-electron chi connectivity index (χ2n) is 9.59. The number of nitrogens with zero attached hydrogens (tertiary/aromatic N) is 3. The number of hydrogen-bond donors (Lipinski definition) is 0. The molecule has 0 aliphatic rings. The Bertz CT molecular complexity index is 1900. The molecule has 0 amide bonds. The molecule has 182 valence electrons. The van der Waals surface area contributed by atoms with E-state index in [2.05, 4.69) is 107 Å². The standard InChI is InChI=1S/C36H23N3/c37-24-30-15-14-29(33-13-7-8-20-38-33)23-36(30)39-34-18-16-27(25-9-3-1-4-10-25)21-31(34)32-22-28(17-19-35(32)39)26-11-5-2-6-12-26/h1-23H. The van der Waals surface area contributed by atoms with Crippen molar-refractivity contribution < 1.29 is 0 Å². The Morgan fingerprint density at radius 3 is 1.62 bits per heavy atom. The minimum absolute atomic E-state index is 0.618. The molecule has 0 fully saturated rings. The molecule has 0 atom stereocenters. The van der Waals surface area contributed by atoms with Crippen LogP contribution in [0.3, 0.4) is 0 Å². The van der Waals surface area contributed by atoms with E-state index in [1.807, 2.05) is 42.5 Å². The van der Waals surface area contributed by atoms with Gasteiger partial charge in [-0.05, 0) is 70.8 Å². The topological polar surface area (TPSA) is 41.6 Å². The maximum atomic E-state index is 10.1. The summed E-state index contributed by atoms with van der Waals surface area (Å²) < 4.78 is 2.22. The zero-order valence-electron chi connectivity index (χ0n) is 21.1. The number of aromatic nitrogens is 2. The molecular weight excluding hydrogens is 474 g/mol. The van der Waals surface area contributed by atoms with Crippen molar-refractivity contribution in [2.75, 3.05) is 0 Å². The van der Waals surface area contributed by atoms with Gasteiger partial charge in [-0.15, -0.1) is 0 Å². The van der Waals surface area contributed by atoms with Gasteiger partial charge in [-0.2, -0.15) is 5.26 Å². The van der Waals surface area contributed by atoms with Crippen LogP contribution in [0.4, 0.5) is 0 Å². The van der Waals surface area contributed by atoms with Crippen LogP contribution in [0.1, 0.15) is 5.56 Å². The van der Waals surface area contributed by atoms with Crippen LogP contribution in [0.5, 0.6) is 0 Å². The summed E-state index contributed by atoms with van der Waals surface area (Å²) in [6.45, 7) is 0. The van der Waals surface area contributed by atoms with Crippen molar-refractivity contribution >= 4 is 21.8 Å². The molecule has 0 N–H and O–H groups in total. The molecule has 7 aromatic rings. The molecule has 39 heavy (non-hydrogen) atoms. The summed E-state index contributed by atoms with van der Waals surface area (Å²) in [5, 5.41) is 12.4. The van der Waals surface area contributed by atoms with Crippen LogP contribution in [0.15, 0.2) is 140 Å². The first kappa shape index (κ1) is 22.7. The smallest absolute Gasteiger partial charge is 0.101 e. The van der Waals surface area contributed by atoms with Gasteiger partial charge in [0.05, 0.1) is 28.0 Å². The number of rotatable bonds is 4. The van der Waals surface area contributed by atoms with Gasteiger partial charge >= 0.3 is 0 Å². The van der Waals surface area contributed by atoms with Gasteiger partial charge in [0.1, 0.15) is 6.07 Å². The summed E-state index contributed by atoms with van der Waals surface area (Å²) in [5.41, 5.74) is 10.1. The van der Waals surface area contributed by atoms with Gasteiger partial charge in [0.15, 0.2) is 0 Å². The quantitative estimate of drug-likeness (QED) is 0.243. The molecule has 0 saturated heterocycles. The molecule has 0 unspecified atom stereocenters. The van der Waals surface area contributed by atoms with Crippen molar-refractivity contribution in [3.63, 3.8) is 0 Å². The first-order valence-electron chi connectivity index (χ1n) is 13.0. The first-order chi connectivity index (χ1) is 19.3.